The predicted octanol–water partition coefficient (Wildman–Crippen LogP) is 3.92. The molecular formula is C15H16ClNO2S. The van der Waals surface area contributed by atoms with Crippen LogP contribution in [0.2, 0.25) is 5.02 Å². The Balaban J connectivity index is 2.18. The van der Waals surface area contributed by atoms with Crippen LogP contribution in [0.15, 0.2) is 53.4 Å². The fraction of sp³-hybridized carbons (Fsp3) is 0.200. The number of rotatable bonds is 4. The van der Waals surface area contributed by atoms with Crippen LogP contribution in [0.5, 0.6) is 0 Å². The Morgan fingerprint density at radius 3 is 2.20 bits per heavy atom. The molecule has 0 spiro atoms. The smallest absolute Gasteiger partial charge is 0.175 e. The van der Waals surface area contributed by atoms with Crippen molar-refractivity contribution in [3.8, 4) is 0 Å². The summed E-state index contributed by atoms with van der Waals surface area (Å²) in [6.07, 6.45) is 1.20. The Bertz CT molecular complexity index is 696. The summed E-state index contributed by atoms with van der Waals surface area (Å²) in [4.78, 5) is 0.325. The lowest BCUT2D eigenvalue weighted by Crippen LogP contribution is -2.07. The van der Waals surface area contributed by atoms with E-state index in [0.29, 0.717) is 9.92 Å². The van der Waals surface area contributed by atoms with Crippen LogP contribution in [-0.4, -0.2) is 14.7 Å². The fourth-order valence-corrected chi connectivity index (χ4v) is 2.72. The van der Waals surface area contributed by atoms with Gasteiger partial charge >= 0.3 is 0 Å². The molecular weight excluding hydrogens is 294 g/mol. The van der Waals surface area contributed by atoms with E-state index in [2.05, 4.69) is 5.32 Å². The molecule has 0 amide bonds. The van der Waals surface area contributed by atoms with Crippen molar-refractivity contribution >= 4 is 27.1 Å². The van der Waals surface area contributed by atoms with Gasteiger partial charge in [-0.2, -0.15) is 0 Å². The van der Waals surface area contributed by atoms with Gasteiger partial charge < -0.3 is 5.32 Å². The molecule has 2 aromatic carbocycles. The molecule has 1 unspecified atom stereocenters. The molecule has 0 saturated carbocycles. The number of anilines is 1. The van der Waals surface area contributed by atoms with E-state index >= 15 is 0 Å². The minimum atomic E-state index is -3.15. The number of hydrogen-bond acceptors (Lipinski definition) is 3. The van der Waals surface area contributed by atoms with E-state index in [1.54, 1.807) is 12.1 Å². The first-order valence-corrected chi connectivity index (χ1v) is 8.46. The number of benzene rings is 2. The first-order chi connectivity index (χ1) is 9.38. The average molecular weight is 310 g/mol. The molecule has 0 aliphatic rings. The second-order valence-corrected chi connectivity index (χ2v) is 7.11. The maximum absolute atomic E-state index is 11.4. The van der Waals surface area contributed by atoms with Crippen molar-refractivity contribution in [3.05, 3.63) is 59.1 Å². The Morgan fingerprint density at radius 1 is 1.05 bits per heavy atom. The SMILES string of the molecule is CC(Nc1ccccc1Cl)c1ccc(S(C)(=O)=O)cc1. The van der Waals surface area contributed by atoms with Crippen molar-refractivity contribution in [2.45, 2.75) is 17.9 Å². The van der Waals surface area contributed by atoms with E-state index in [4.69, 9.17) is 11.6 Å². The first kappa shape index (κ1) is 14.9. The van der Waals surface area contributed by atoms with Gasteiger partial charge in [0.25, 0.3) is 0 Å². The van der Waals surface area contributed by atoms with Crippen molar-refractivity contribution in [2.75, 3.05) is 11.6 Å². The predicted molar refractivity (Wildman–Crippen MR) is 83.0 cm³/mol. The van der Waals surface area contributed by atoms with Crippen molar-refractivity contribution < 1.29 is 8.42 Å². The summed E-state index contributed by atoms with van der Waals surface area (Å²) in [6, 6.07) is 14.4. The molecule has 1 N–H and O–H groups in total. The maximum Gasteiger partial charge on any atom is 0.175 e. The highest BCUT2D eigenvalue weighted by molar-refractivity contribution is 7.90. The first-order valence-electron chi connectivity index (χ1n) is 6.19. The molecule has 0 saturated heterocycles. The van der Waals surface area contributed by atoms with Crippen LogP contribution in [0.3, 0.4) is 0 Å². The van der Waals surface area contributed by atoms with Crippen LogP contribution in [0.25, 0.3) is 0 Å². The Kier molecular flexibility index (Phi) is 4.35. The molecule has 0 aliphatic carbocycles. The lowest BCUT2D eigenvalue weighted by atomic mass is 10.1. The van der Waals surface area contributed by atoms with Crippen LogP contribution in [0.1, 0.15) is 18.5 Å². The molecule has 106 valence electrons. The van der Waals surface area contributed by atoms with Crippen molar-refractivity contribution in [1.29, 1.82) is 0 Å². The number of para-hydroxylation sites is 1. The number of hydrogen-bond donors (Lipinski definition) is 1. The molecule has 2 rings (SSSR count). The molecule has 0 heterocycles. The van der Waals surface area contributed by atoms with E-state index in [1.165, 1.54) is 6.26 Å². The molecule has 0 bridgehead atoms. The summed E-state index contributed by atoms with van der Waals surface area (Å²) in [5, 5.41) is 3.96. The van der Waals surface area contributed by atoms with Gasteiger partial charge in [0.15, 0.2) is 9.84 Å². The van der Waals surface area contributed by atoms with Crippen molar-refractivity contribution in [1.82, 2.24) is 0 Å². The van der Waals surface area contributed by atoms with Crippen LogP contribution < -0.4 is 5.32 Å². The number of sulfone groups is 1. The second-order valence-electron chi connectivity index (χ2n) is 4.69. The lowest BCUT2D eigenvalue weighted by Gasteiger charge is -2.17. The zero-order valence-corrected chi connectivity index (χ0v) is 12.9. The molecule has 3 nitrogen and oxygen atoms in total. The van der Waals surface area contributed by atoms with Gasteiger partial charge in [-0.25, -0.2) is 8.42 Å². The lowest BCUT2D eigenvalue weighted by molar-refractivity contribution is 0.602. The van der Waals surface area contributed by atoms with Gasteiger partial charge in [-0.15, -0.1) is 0 Å². The standard InChI is InChI=1S/C15H16ClNO2S/c1-11(17-15-6-4-3-5-14(15)16)12-7-9-13(10-8-12)20(2,18)19/h3-11,17H,1-2H3. The second kappa shape index (κ2) is 5.85. The van der Waals surface area contributed by atoms with E-state index in [1.807, 2.05) is 43.3 Å². The third-order valence-corrected chi connectivity index (χ3v) is 4.51. The van der Waals surface area contributed by atoms with Gasteiger partial charge in [-0.3, -0.25) is 0 Å². The monoisotopic (exact) mass is 309 g/mol. The van der Waals surface area contributed by atoms with Gasteiger partial charge in [0.2, 0.25) is 0 Å². The molecule has 0 aromatic heterocycles. The molecule has 2 aromatic rings. The van der Waals surface area contributed by atoms with Crippen molar-refractivity contribution in [3.63, 3.8) is 0 Å². The van der Waals surface area contributed by atoms with Gasteiger partial charge in [-0.05, 0) is 36.8 Å². The average Bonchev–Trinajstić information content (AvgIpc) is 2.40. The van der Waals surface area contributed by atoms with E-state index in [9.17, 15) is 8.42 Å². The highest BCUT2D eigenvalue weighted by Gasteiger charge is 2.10. The summed E-state index contributed by atoms with van der Waals surface area (Å²) in [5.41, 5.74) is 1.85. The minimum absolute atomic E-state index is 0.0310. The highest BCUT2D eigenvalue weighted by atomic mass is 35.5. The largest absolute Gasteiger partial charge is 0.377 e. The molecule has 20 heavy (non-hydrogen) atoms. The topological polar surface area (TPSA) is 46.2 Å². The Morgan fingerprint density at radius 2 is 1.65 bits per heavy atom. The van der Waals surface area contributed by atoms with E-state index in [-0.39, 0.29) is 6.04 Å². The van der Waals surface area contributed by atoms with Crippen LogP contribution in [0, 0.1) is 0 Å². The Labute approximate surface area is 124 Å². The summed E-state index contributed by atoms with van der Waals surface area (Å²) < 4.78 is 22.8. The fourth-order valence-electron chi connectivity index (χ4n) is 1.90. The number of halogens is 1. The summed E-state index contributed by atoms with van der Waals surface area (Å²) >= 11 is 6.10. The normalized spacial score (nSPS) is 12.9. The van der Waals surface area contributed by atoms with Crippen LogP contribution in [-0.2, 0) is 9.84 Å². The van der Waals surface area contributed by atoms with Gasteiger partial charge in [-0.1, -0.05) is 35.9 Å². The van der Waals surface area contributed by atoms with Gasteiger partial charge in [0, 0.05) is 12.3 Å². The Hall–Kier alpha value is -1.52. The summed E-state index contributed by atoms with van der Waals surface area (Å²) in [5.74, 6) is 0. The summed E-state index contributed by atoms with van der Waals surface area (Å²) in [7, 11) is -3.15. The zero-order chi connectivity index (χ0) is 14.8. The molecule has 0 aliphatic heterocycles. The quantitative estimate of drug-likeness (QED) is 0.931. The third kappa shape index (κ3) is 3.52. The van der Waals surface area contributed by atoms with Crippen LogP contribution >= 0.6 is 11.6 Å². The summed E-state index contributed by atoms with van der Waals surface area (Å²) in [6.45, 7) is 2.00. The zero-order valence-electron chi connectivity index (χ0n) is 11.3. The molecule has 0 radical (unpaired) electrons. The third-order valence-electron chi connectivity index (χ3n) is 3.05. The van der Waals surface area contributed by atoms with E-state index in [0.717, 1.165) is 11.3 Å². The molecule has 1 atom stereocenters. The van der Waals surface area contributed by atoms with Crippen molar-refractivity contribution in [2.24, 2.45) is 0 Å². The minimum Gasteiger partial charge on any atom is -0.377 e. The number of nitrogens with one attached hydrogen (secondary N) is 1. The van der Waals surface area contributed by atoms with Gasteiger partial charge in [0.05, 0.1) is 15.6 Å². The highest BCUT2D eigenvalue weighted by Crippen LogP contribution is 2.26. The van der Waals surface area contributed by atoms with E-state index < -0.39 is 9.84 Å². The van der Waals surface area contributed by atoms with Crippen LogP contribution in [0.4, 0.5) is 5.69 Å². The molecule has 0 fully saturated rings. The molecule has 5 heteroatoms. The van der Waals surface area contributed by atoms with Gasteiger partial charge in [0.1, 0.15) is 0 Å². The maximum atomic E-state index is 11.4.